The maximum atomic E-state index is 12.7. The van der Waals surface area contributed by atoms with Crippen molar-refractivity contribution in [1.29, 1.82) is 0 Å². The number of carbonyl (C=O) groups excluding carboxylic acids is 1. The van der Waals surface area contributed by atoms with Crippen molar-refractivity contribution in [2.24, 2.45) is 22.9 Å². The third kappa shape index (κ3) is 8.96. The first kappa shape index (κ1) is 35.4. The van der Waals surface area contributed by atoms with Crippen LogP contribution < -0.4 is 33.6 Å². The van der Waals surface area contributed by atoms with Gasteiger partial charge in [0.1, 0.15) is 42.7 Å². The minimum absolute atomic E-state index is 0.00722. The second-order valence-corrected chi connectivity index (χ2v) is 11.2. The van der Waals surface area contributed by atoms with Crippen LogP contribution in [0.2, 0.25) is 0 Å². The summed E-state index contributed by atoms with van der Waals surface area (Å²) in [6.45, 7) is 0.621. The van der Waals surface area contributed by atoms with Gasteiger partial charge in [-0.1, -0.05) is 0 Å². The lowest BCUT2D eigenvalue weighted by Crippen LogP contribution is -2.69. The summed E-state index contributed by atoms with van der Waals surface area (Å²) in [6, 6.07) is -3.59. The van der Waals surface area contributed by atoms with Gasteiger partial charge in [0.15, 0.2) is 12.6 Å². The van der Waals surface area contributed by atoms with Gasteiger partial charge in [-0.05, 0) is 45.2 Å². The monoisotopic (exact) mass is 610 g/mol. The molecular weight excluding hydrogens is 560 g/mol. The van der Waals surface area contributed by atoms with Crippen LogP contribution in [-0.2, 0) is 23.7 Å². The minimum Gasteiger partial charge on any atom is -0.396 e. The molecule has 17 heteroatoms. The lowest BCUT2D eigenvalue weighted by Gasteiger charge is -2.48. The summed E-state index contributed by atoms with van der Waals surface area (Å²) >= 11 is 0. The van der Waals surface area contributed by atoms with E-state index in [0.29, 0.717) is 32.4 Å². The third-order valence-electron chi connectivity index (χ3n) is 7.99. The number of ether oxygens (including phenoxy) is 4. The van der Waals surface area contributed by atoms with Crippen LogP contribution >= 0.6 is 0 Å². The number of hydrogen-bond acceptors (Lipinski definition) is 16. The molecule has 42 heavy (non-hydrogen) atoms. The van der Waals surface area contributed by atoms with Gasteiger partial charge >= 0.3 is 0 Å². The molecule has 2 saturated heterocycles. The molecule has 0 spiro atoms. The van der Waals surface area contributed by atoms with Gasteiger partial charge in [0.05, 0.1) is 30.8 Å². The molecule has 14 atom stereocenters. The topological polar surface area (TPSA) is 304 Å². The molecule has 1 aliphatic carbocycles. The molecule has 3 rings (SSSR count). The van der Waals surface area contributed by atoms with Crippen molar-refractivity contribution >= 4 is 5.91 Å². The van der Waals surface area contributed by atoms with Crippen LogP contribution in [0, 0.1) is 0 Å². The molecule has 17 nitrogen and oxygen atoms in total. The van der Waals surface area contributed by atoms with E-state index in [2.05, 4.69) is 10.6 Å². The molecule has 3 aliphatic rings. The fourth-order valence-corrected chi connectivity index (χ4v) is 5.47. The molecule has 1 saturated carbocycles. The lowest BCUT2D eigenvalue weighted by molar-refractivity contribution is -0.314. The van der Waals surface area contributed by atoms with Gasteiger partial charge in [-0.2, -0.15) is 0 Å². The molecule has 0 bridgehead atoms. The Morgan fingerprint density at radius 3 is 2.33 bits per heavy atom. The zero-order chi connectivity index (χ0) is 31.0. The summed E-state index contributed by atoms with van der Waals surface area (Å²) in [7, 11) is 0. The molecule has 16 N–H and O–H groups in total. The first-order chi connectivity index (χ1) is 20.0. The smallest absolute Gasteiger partial charge is 0.249 e. The van der Waals surface area contributed by atoms with Gasteiger partial charge < -0.3 is 83.2 Å². The van der Waals surface area contributed by atoms with Crippen molar-refractivity contribution < 1.29 is 54.4 Å². The average molecular weight is 611 g/mol. The van der Waals surface area contributed by atoms with Crippen molar-refractivity contribution in [2.45, 2.75) is 118 Å². The lowest BCUT2D eigenvalue weighted by atomic mass is 9.83. The number of aliphatic hydroxyl groups excluding tert-OH is 6. The highest BCUT2D eigenvalue weighted by Gasteiger charge is 2.51. The standard InChI is InChI=1S/C25H50N6O11/c26-5-4-15(34)23(38)31-14-8-13(28)21(41-24-12(27)3-2-11(39-24)9-30-6-1-7-32)20(37)22(14)42-25-19(36)17(29)18(35)16(10-33)40-25/h11-22,24-25,30,32-37H,1-10,26-29H2,(H,31,38)/t11-,12+,13-,14+,15-,16+,17-,18+,19+,20-,21+,22-,24+,25+/m0/s1. The van der Waals surface area contributed by atoms with Crippen LogP contribution in [0.4, 0.5) is 0 Å². The number of nitrogens with two attached hydrogens (primary N) is 4. The molecule has 2 heterocycles. The van der Waals surface area contributed by atoms with Gasteiger partial charge in [-0.3, -0.25) is 4.79 Å². The van der Waals surface area contributed by atoms with Gasteiger partial charge in [0, 0.05) is 19.2 Å². The van der Waals surface area contributed by atoms with Gasteiger partial charge in [-0.15, -0.1) is 0 Å². The van der Waals surface area contributed by atoms with Crippen molar-refractivity contribution in [3.63, 3.8) is 0 Å². The number of aliphatic hydroxyl groups is 6. The summed E-state index contributed by atoms with van der Waals surface area (Å²) < 4.78 is 23.7. The Hall–Kier alpha value is -1.13. The summed E-state index contributed by atoms with van der Waals surface area (Å²) in [6.07, 6.45) is -10.3. The second-order valence-electron chi connectivity index (χ2n) is 11.2. The van der Waals surface area contributed by atoms with E-state index in [1.165, 1.54) is 0 Å². The zero-order valence-electron chi connectivity index (χ0n) is 23.7. The van der Waals surface area contributed by atoms with E-state index < -0.39 is 92.0 Å². The average Bonchev–Trinajstić information content (AvgIpc) is 2.96. The number of carbonyl (C=O) groups is 1. The first-order valence-corrected chi connectivity index (χ1v) is 14.6. The van der Waals surface area contributed by atoms with Gasteiger partial charge in [0.25, 0.3) is 0 Å². The van der Waals surface area contributed by atoms with E-state index in [0.717, 1.165) is 0 Å². The third-order valence-corrected chi connectivity index (χ3v) is 7.99. The molecule has 246 valence electrons. The molecule has 1 amide bonds. The molecule has 0 aromatic heterocycles. The normalized spacial score (nSPS) is 41.8. The second kappa shape index (κ2) is 16.8. The Labute approximate surface area is 244 Å². The summed E-state index contributed by atoms with van der Waals surface area (Å²) in [5, 5.41) is 66.9. The van der Waals surface area contributed by atoms with E-state index in [1.54, 1.807) is 0 Å². The van der Waals surface area contributed by atoms with Crippen LogP contribution in [0.15, 0.2) is 0 Å². The van der Waals surface area contributed by atoms with Crippen LogP contribution in [0.25, 0.3) is 0 Å². The van der Waals surface area contributed by atoms with E-state index in [4.69, 9.17) is 47.0 Å². The minimum atomic E-state index is -1.56. The fourth-order valence-electron chi connectivity index (χ4n) is 5.47. The van der Waals surface area contributed by atoms with Crippen molar-refractivity contribution in [2.75, 3.05) is 32.8 Å². The van der Waals surface area contributed by atoms with Gasteiger partial charge in [0.2, 0.25) is 5.91 Å². The Morgan fingerprint density at radius 1 is 0.952 bits per heavy atom. The highest BCUT2D eigenvalue weighted by molar-refractivity contribution is 5.80. The predicted octanol–water partition coefficient (Wildman–Crippen LogP) is -6.39. The largest absolute Gasteiger partial charge is 0.396 e. The summed E-state index contributed by atoms with van der Waals surface area (Å²) in [4.78, 5) is 12.7. The summed E-state index contributed by atoms with van der Waals surface area (Å²) in [5.41, 5.74) is 24.1. The highest BCUT2D eigenvalue weighted by Crippen LogP contribution is 2.31. The van der Waals surface area contributed by atoms with Crippen molar-refractivity contribution in [3.8, 4) is 0 Å². The van der Waals surface area contributed by atoms with Crippen LogP contribution in [0.1, 0.15) is 32.1 Å². The summed E-state index contributed by atoms with van der Waals surface area (Å²) in [5.74, 6) is -0.766. The van der Waals surface area contributed by atoms with Crippen molar-refractivity contribution in [3.05, 3.63) is 0 Å². The molecule has 0 aromatic rings. The zero-order valence-corrected chi connectivity index (χ0v) is 23.7. The van der Waals surface area contributed by atoms with Crippen LogP contribution in [-0.4, -0.2) is 155 Å². The van der Waals surface area contributed by atoms with Crippen LogP contribution in [0.5, 0.6) is 0 Å². The van der Waals surface area contributed by atoms with E-state index in [-0.39, 0.29) is 32.1 Å². The Bertz CT molecular complexity index is 819. The first-order valence-electron chi connectivity index (χ1n) is 14.6. The Morgan fingerprint density at radius 2 is 1.67 bits per heavy atom. The van der Waals surface area contributed by atoms with E-state index in [9.17, 15) is 30.3 Å². The maximum Gasteiger partial charge on any atom is 0.249 e. The van der Waals surface area contributed by atoms with Gasteiger partial charge in [-0.25, -0.2) is 0 Å². The predicted molar refractivity (Wildman–Crippen MR) is 146 cm³/mol. The number of amides is 1. The Balaban J connectivity index is 1.77. The maximum absolute atomic E-state index is 12.7. The number of hydrogen-bond donors (Lipinski definition) is 12. The SMILES string of the molecule is NCC[C@H](O)C(=O)N[C@@H]1C[C@H](N)[C@@H](O[C@H]2O[C@H](CNCCCO)CC[C@H]2N)[C@H](O)[C@H]1O[C@H]1O[C@H](CO)[C@@H](O)[C@H](N)[C@H]1O. The molecule has 3 fully saturated rings. The van der Waals surface area contributed by atoms with E-state index in [1.807, 2.05) is 0 Å². The van der Waals surface area contributed by atoms with Crippen molar-refractivity contribution in [1.82, 2.24) is 10.6 Å². The van der Waals surface area contributed by atoms with E-state index >= 15 is 0 Å². The fraction of sp³-hybridized carbons (Fsp3) is 0.960. The molecular formula is C25H50N6O11. The highest BCUT2D eigenvalue weighted by atomic mass is 16.7. The Kier molecular flexibility index (Phi) is 14.1. The number of rotatable bonds is 14. The molecule has 0 radical (unpaired) electrons. The molecule has 2 aliphatic heterocycles. The number of nitrogens with one attached hydrogen (secondary N) is 2. The molecule has 0 aromatic carbocycles. The van der Waals surface area contributed by atoms with Crippen LogP contribution in [0.3, 0.4) is 0 Å². The quantitative estimate of drug-likeness (QED) is 0.0814. The molecule has 0 unspecified atom stereocenters.